The summed E-state index contributed by atoms with van der Waals surface area (Å²) in [7, 11) is 0. The van der Waals surface area contributed by atoms with Gasteiger partial charge < -0.3 is 5.32 Å². The van der Waals surface area contributed by atoms with E-state index in [0.29, 0.717) is 18.7 Å². The van der Waals surface area contributed by atoms with Crippen molar-refractivity contribution in [3.63, 3.8) is 0 Å². The molecule has 1 heterocycles. The van der Waals surface area contributed by atoms with Crippen molar-refractivity contribution in [2.24, 2.45) is 0 Å². The van der Waals surface area contributed by atoms with Gasteiger partial charge in [0.15, 0.2) is 0 Å². The van der Waals surface area contributed by atoms with Crippen molar-refractivity contribution >= 4 is 0 Å². The summed E-state index contributed by atoms with van der Waals surface area (Å²) >= 11 is 0. The minimum Gasteiger partial charge on any atom is -0.313 e. The van der Waals surface area contributed by atoms with Gasteiger partial charge in [0.1, 0.15) is 5.69 Å². The highest BCUT2D eigenvalue weighted by atomic mass is 19.3. The van der Waals surface area contributed by atoms with Gasteiger partial charge >= 0.3 is 0 Å². The zero-order valence-corrected chi connectivity index (χ0v) is 12.2. The van der Waals surface area contributed by atoms with Crippen LogP contribution in [-0.4, -0.2) is 16.3 Å². The number of aromatic nitrogens is 2. The maximum Gasteiger partial charge on any atom is 0.280 e. The van der Waals surface area contributed by atoms with E-state index < -0.39 is 6.43 Å². The minimum absolute atomic E-state index is 0.0454. The molecule has 5 heteroatoms. The van der Waals surface area contributed by atoms with Crippen LogP contribution < -0.4 is 5.32 Å². The van der Waals surface area contributed by atoms with Gasteiger partial charge in [-0.3, -0.25) is 4.68 Å². The second kappa shape index (κ2) is 7.88. The average molecular weight is 293 g/mol. The van der Waals surface area contributed by atoms with Crippen molar-refractivity contribution in [2.75, 3.05) is 6.54 Å². The highest BCUT2D eigenvalue weighted by Gasteiger charge is 2.19. The van der Waals surface area contributed by atoms with Crippen LogP contribution in [0, 0.1) is 0 Å². The standard InChI is InChI=1S/C16H21F2N3/c1-2-19-11-14-12-20-21(15(14)16(17)18)10-6-9-13-7-4-3-5-8-13/h3-5,7-8,12,16,19H,2,6,9-11H2,1H3. The lowest BCUT2D eigenvalue weighted by Gasteiger charge is -2.09. The Morgan fingerprint density at radius 1 is 1.24 bits per heavy atom. The van der Waals surface area contributed by atoms with Crippen LogP contribution in [0.3, 0.4) is 0 Å². The van der Waals surface area contributed by atoms with Crippen molar-refractivity contribution in [3.8, 4) is 0 Å². The second-order valence-electron chi connectivity index (χ2n) is 4.95. The molecule has 0 saturated heterocycles. The number of aryl methyl sites for hydroxylation is 2. The predicted molar refractivity (Wildman–Crippen MR) is 79.3 cm³/mol. The summed E-state index contributed by atoms with van der Waals surface area (Å²) in [5, 5.41) is 7.19. The Bertz CT molecular complexity index is 538. The number of nitrogens with one attached hydrogen (secondary N) is 1. The van der Waals surface area contributed by atoms with E-state index in [1.165, 1.54) is 10.2 Å². The fraction of sp³-hybridized carbons (Fsp3) is 0.438. The Labute approximate surface area is 124 Å². The molecule has 21 heavy (non-hydrogen) atoms. The Hall–Kier alpha value is -1.75. The molecule has 0 aliphatic carbocycles. The molecule has 2 aromatic rings. The molecule has 0 radical (unpaired) electrons. The molecule has 1 aromatic heterocycles. The molecule has 0 amide bonds. The van der Waals surface area contributed by atoms with Gasteiger partial charge in [-0.15, -0.1) is 0 Å². The number of hydrogen-bond acceptors (Lipinski definition) is 2. The zero-order chi connectivity index (χ0) is 15.1. The van der Waals surface area contributed by atoms with Gasteiger partial charge in [0.05, 0.1) is 6.20 Å². The van der Waals surface area contributed by atoms with E-state index in [-0.39, 0.29) is 5.69 Å². The third-order valence-corrected chi connectivity index (χ3v) is 3.41. The van der Waals surface area contributed by atoms with Gasteiger partial charge in [-0.1, -0.05) is 37.3 Å². The van der Waals surface area contributed by atoms with E-state index in [2.05, 4.69) is 10.4 Å². The lowest BCUT2D eigenvalue weighted by Crippen LogP contribution is -2.14. The molecule has 0 aliphatic heterocycles. The topological polar surface area (TPSA) is 29.9 Å². The van der Waals surface area contributed by atoms with E-state index in [1.807, 2.05) is 37.3 Å². The molecule has 1 aromatic carbocycles. The molecule has 0 fully saturated rings. The fourth-order valence-electron chi connectivity index (χ4n) is 2.34. The van der Waals surface area contributed by atoms with Crippen molar-refractivity contribution in [2.45, 2.75) is 39.3 Å². The predicted octanol–water partition coefficient (Wildman–Crippen LogP) is 3.56. The number of hydrogen-bond donors (Lipinski definition) is 1. The van der Waals surface area contributed by atoms with Crippen molar-refractivity contribution < 1.29 is 8.78 Å². The summed E-state index contributed by atoms with van der Waals surface area (Å²) in [5.41, 5.74) is 1.85. The SMILES string of the molecule is CCNCc1cnn(CCCc2ccccc2)c1C(F)F. The summed E-state index contributed by atoms with van der Waals surface area (Å²) in [4.78, 5) is 0. The van der Waals surface area contributed by atoms with Gasteiger partial charge in [-0.25, -0.2) is 8.78 Å². The number of halogens is 2. The number of benzene rings is 1. The smallest absolute Gasteiger partial charge is 0.280 e. The molecular weight excluding hydrogens is 272 g/mol. The lowest BCUT2D eigenvalue weighted by atomic mass is 10.1. The van der Waals surface area contributed by atoms with Gasteiger partial charge in [-0.2, -0.15) is 5.10 Å². The Morgan fingerprint density at radius 2 is 2.00 bits per heavy atom. The molecule has 114 valence electrons. The first-order valence-corrected chi connectivity index (χ1v) is 7.29. The highest BCUT2D eigenvalue weighted by Crippen LogP contribution is 2.23. The molecular formula is C16H21F2N3. The van der Waals surface area contributed by atoms with E-state index in [0.717, 1.165) is 19.4 Å². The molecule has 0 bridgehead atoms. The summed E-state index contributed by atoms with van der Waals surface area (Å²) in [6.07, 6.45) is 0.725. The van der Waals surface area contributed by atoms with Crippen LogP contribution in [0.2, 0.25) is 0 Å². The number of rotatable bonds is 8. The summed E-state index contributed by atoms with van der Waals surface area (Å²) in [6.45, 7) is 3.66. The molecule has 0 atom stereocenters. The van der Waals surface area contributed by atoms with Crippen LogP contribution in [-0.2, 0) is 19.5 Å². The quantitative estimate of drug-likeness (QED) is 0.806. The zero-order valence-electron chi connectivity index (χ0n) is 12.2. The molecule has 0 unspecified atom stereocenters. The molecule has 3 nitrogen and oxygen atoms in total. The van der Waals surface area contributed by atoms with Gasteiger partial charge in [-0.05, 0) is 24.9 Å². The maximum absolute atomic E-state index is 13.2. The van der Waals surface area contributed by atoms with Crippen LogP contribution in [0.15, 0.2) is 36.5 Å². The minimum atomic E-state index is -2.49. The normalized spacial score (nSPS) is 11.2. The largest absolute Gasteiger partial charge is 0.313 e. The van der Waals surface area contributed by atoms with Gasteiger partial charge in [0.2, 0.25) is 0 Å². The van der Waals surface area contributed by atoms with E-state index >= 15 is 0 Å². The van der Waals surface area contributed by atoms with E-state index in [9.17, 15) is 8.78 Å². The van der Waals surface area contributed by atoms with Gasteiger partial charge in [0.25, 0.3) is 6.43 Å². The third kappa shape index (κ3) is 4.36. The van der Waals surface area contributed by atoms with Crippen LogP contribution in [0.5, 0.6) is 0 Å². The Kier molecular flexibility index (Phi) is 5.87. The Balaban J connectivity index is 1.97. The van der Waals surface area contributed by atoms with Crippen LogP contribution in [0.4, 0.5) is 8.78 Å². The summed E-state index contributed by atoms with van der Waals surface area (Å²) in [6, 6.07) is 10.0. The van der Waals surface area contributed by atoms with Crippen molar-refractivity contribution in [3.05, 3.63) is 53.3 Å². The third-order valence-electron chi connectivity index (χ3n) is 3.41. The monoisotopic (exact) mass is 293 g/mol. The maximum atomic E-state index is 13.2. The second-order valence-corrected chi connectivity index (χ2v) is 4.95. The first-order chi connectivity index (χ1) is 10.2. The van der Waals surface area contributed by atoms with Crippen LogP contribution in [0.1, 0.15) is 36.6 Å². The van der Waals surface area contributed by atoms with Crippen LogP contribution in [0.25, 0.3) is 0 Å². The molecule has 0 saturated carbocycles. The number of alkyl halides is 2. The lowest BCUT2D eigenvalue weighted by molar-refractivity contribution is 0.137. The molecule has 0 aliphatic rings. The van der Waals surface area contributed by atoms with E-state index in [1.54, 1.807) is 6.20 Å². The fourth-order valence-corrected chi connectivity index (χ4v) is 2.34. The average Bonchev–Trinajstić information content (AvgIpc) is 2.89. The summed E-state index contributed by atoms with van der Waals surface area (Å²) < 4.78 is 27.9. The van der Waals surface area contributed by atoms with Crippen LogP contribution >= 0.6 is 0 Å². The number of nitrogens with zero attached hydrogens (tertiary/aromatic N) is 2. The van der Waals surface area contributed by atoms with Crippen molar-refractivity contribution in [1.82, 2.24) is 15.1 Å². The molecule has 1 N–H and O–H groups in total. The van der Waals surface area contributed by atoms with Crippen molar-refractivity contribution in [1.29, 1.82) is 0 Å². The first kappa shape index (κ1) is 15.6. The highest BCUT2D eigenvalue weighted by molar-refractivity contribution is 5.19. The molecule has 0 spiro atoms. The van der Waals surface area contributed by atoms with E-state index in [4.69, 9.17) is 0 Å². The Morgan fingerprint density at radius 3 is 2.67 bits per heavy atom. The summed E-state index contributed by atoms with van der Waals surface area (Å²) in [5.74, 6) is 0. The first-order valence-electron chi connectivity index (χ1n) is 7.29. The molecule has 2 rings (SSSR count). The van der Waals surface area contributed by atoms with Gasteiger partial charge in [0, 0.05) is 18.7 Å².